The van der Waals surface area contributed by atoms with Gasteiger partial charge in [0.2, 0.25) is 0 Å². The highest BCUT2D eigenvalue weighted by molar-refractivity contribution is 7.99. The number of hydrazone groups is 1. The van der Waals surface area contributed by atoms with Crippen LogP contribution in [0.15, 0.2) is 52.7 Å². The first kappa shape index (κ1) is 18.8. The molecule has 1 amide bonds. The summed E-state index contributed by atoms with van der Waals surface area (Å²) in [7, 11) is 1.93. The molecule has 0 unspecified atom stereocenters. The number of amides is 1. The predicted octanol–water partition coefficient (Wildman–Crippen LogP) is 4.51. The van der Waals surface area contributed by atoms with Crippen molar-refractivity contribution < 1.29 is 4.79 Å². The number of nitrogens with zero attached hydrogens (tertiary/aromatic N) is 3. The SMILES string of the molecule is CC(=NNC(=O)CSc1nc2ccccc2n1C)c1ccc(Cl)cc1Cl. The Kier molecular flexibility index (Phi) is 5.86. The topological polar surface area (TPSA) is 59.3 Å². The smallest absolute Gasteiger partial charge is 0.250 e. The Morgan fingerprint density at radius 3 is 2.77 bits per heavy atom. The van der Waals surface area contributed by atoms with Crippen molar-refractivity contribution in [2.24, 2.45) is 12.1 Å². The maximum Gasteiger partial charge on any atom is 0.250 e. The monoisotopic (exact) mass is 406 g/mol. The summed E-state index contributed by atoms with van der Waals surface area (Å²) >= 11 is 13.4. The molecule has 26 heavy (non-hydrogen) atoms. The number of aromatic nitrogens is 2. The minimum Gasteiger partial charge on any atom is -0.322 e. The van der Waals surface area contributed by atoms with Gasteiger partial charge in [-0.1, -0.05) is 53.2 Å². The van der Waals surface area contributed by atoms with Crippen LogP contribution in [0.2, 0.25) is 10.0 Å². The number of benzene rings is 2. The van der Waals surface area contributed by atoms with Gasteiger partial charge in [0.05, 0.1) is 27.5 Å². The van der Waals surface area contributed by atoms with Crippen molar-refractivity contribution in [1.29, 1.82) is 0 Å². The second-order valence-electron chi connectivity index (χ2n) is 5.59. The number of hydrogen-bond donors (Lipinski definition) is 1. The fourth-order valence-corrected chi connectivity index (χ4v) is 3.73. The van der Waals surface area contributed by atoms with Gasteiger partial charge in [-0.15, -0.1) is 0 Å². The number of carbonyl (C=O) groups is 1. The molecule has 0 spiro atoms. The van der Waals surface area contributed by atoms with Gasteiger partial charge >= 0.3 is 0 Å². The minimum atomic E-state index is -0.216. The normalized spacial score (nSPS) is 11.8. The van der Waals surface area contributed by atoms with Gasteiger partial charge in [0.1, 0.15) is 0 Å². The molecule has 3 rings (SSSR count). The summed E-state index contributed by atoms with van der Waals surface area (Å²) in [6, 6.07) is 13.0. The largest absolute Gasteiger partial charge is 0.322 e. The molecule has 1 N–H and O–H groups in total. The zero-order chi connectivity index (χ0) is 18.7. The predicted molar refractivity (Wildman–Crippen MR) is 108 cm³/mol. The van der Waals surface area contributed by atoms with Gasteiger partial charge in [-0.25, -0.2) is 10.4 Å². The molecule has 0 aliphatic carbocycles. The number of para-hydroxylation sites is 2. The second-order valence-corrected chi connectivity index (χ2v) is 7.37. The Hall–Kier alpha value is -2.02. The van der Waals surface area contributed by atoms with E-state index in [-0.39, 0.29) is 11.7 Å². The number of hydrogen-bond acceptors (Lipinski definition) is 4. The summed E-state index contributed by atoms with van der Waals surface area (Å²) in [6.45, 7) is 1.77. The molecule has 5 nitrogen and oxygen atoms in total. The van der Waals surface area contributed by atoms with E-state index in [2.05, 4.69) is 15.5 Å². The van der Waals surface area contributed by atoms with Crippen LogP contribution in [0, 0.1) is 0 Å². The van der Waals surface area contributed by atoms with Crippen molar-refractivity contribution in [2.75, 3.05) is 5.75 Å². The number of imidazole rings is 1. The van der Waals surface area contributed by atoms with Crippen molar-refractivity contribution in [3.63, 3.8) is 0 Å². The molecule has 0 saturated heterocycles. The first-order chi connectivity index (χ1) is 12.5. The highest BCUT2D eigenvalue weighted by Crippen LogP contribution is 2.23. The molecular formula is C18H16Cl2N4OS. The highest BCUT2D eigenvalue weighted by atomic mass is 35.5. The number of carbonyl (C=O) groups excluding carboxylic acids is 1. The number of halogens is 2. The Morgan fingerprint density at radius 1 is 1.27 bits per heavy atom. The van der Waals surface area contributed by atoms with E-state index in [1.165, 1.54) is 11.8 Å². The minimum absolute atomic E-state index is 0.211. The number of rotatable bonds is 5. The molecule has 1 heterocycles. The molecule has 0 atom stereocenters. The fourth-order valence-electron chi connectivity index (χ4n) is 2.40. The third-order valence-electron chi connectivity index (χ3n) is 3.75. The van der Waals surface area contributed by atoms with Crippen molar-refractivity contribution in [3.8, 4) is 0 Å². The number of fused-ring (bicyclic) bond motifs is 1. The van der Waals surface area contributed by atoms with Gasteiger partial charge in [-0.3, -0.25) is 4.79 Å². The molecule has 0 saturated carbocycles. The van der Waals surface area contributed by atoms with Gasteiger partial charge < -0.3 is 4.57 Å². The summed E-state index contributed by atoms with van der Waals surface area (Å²) in [5.74, 6) is -0.00560. The average Bonchev–Trinajstić information content (AvgIpc) is 2.94. The molecule has 2 aromatic carbocycles. The quantitative estimate of drug-likeness (QED) is 0.385. The Bertz CT molecular complexity index is 1000. The van der Waals surface area contributed by atoms with Gasteiger partial charge in [0, 0.05) is 17.6 Å². The lowest BCUT2D eigenvalue weighted by Crippen LogP contribution is -2.21. The van der Waals surface area contributed by atoms with Crippen molar-refractivity contribution in [2.45, 2.75) is 12.1 Å². The summed E-state index contributed by atoms with van der Waals surface area (Å²) in [6.07, 6.45) is 0. The van der Waals surface area contributed by atoms with Crippen LogP contribution < -0.4 is 5.43 Å². The van der Waals surface area contributed by atoms with E-state index in [1.807, 2.05) is 35.9 Å². The molecule has 134 valence electrons. The van der Waals surface area contributed by atoms with Crippen LogP contribution in [0.25, 0.3) is 11.0 Å². The number of aryl methyl sites for hydroxylation is 1. The zero-order valence-electron chi connectivity index (χ0n) is 14.2. The van der Waals surface area contributed by atoms with Crippen LogP contribution in [0.1, 0.15) is 12.5 Å². The molecule has 8 heteroatoms. The molecule has 0 fully saturated rings. The molecule has 0 radical (unpaired) electrons. The number of nitrogens with one attached hydrogen (secondary N) is 1. The Morgan fingerprint density at radius 2 is 2.04 bits per heavy atom. The van der Waals surface area contributed by atoms with Crippen LogP contribution in [0.3, 0.4) is 0 Å². The highest BCUT2D eigenvalue weighted by Gasteiger charge is 2.10. The maximum atomic E-state index is 12.1. The van der Waals surface area contributed by atoms with Crippen molar-refractivity contribution in [3.05, 3.63) is 58.1 Å². The summed E-state index contributed by atoms with van der Waals surface area (Å²) in [5.41, 5.74) is 5.81. The molecular weight excluding hydrogens is 391 g/mol. The van der Waals surface area contributed by atoms with E-state index in [9.17, 15) is 4.79 Å². The van der Waals surface area contributed by atoms with E-state index >= 15 is 0 Å². The molecule has 0 aliphatic rings. The van der Waals surface area contributed by atoms with Crippen LogP contribution in [-0.4, -0.2) is 26.9 Å². The van der Waals surface area contributed by atoms with E-state index < -0.39 is 0 Å². The van der Waals surface area contributed by atoms with E-state index in [0.717, 1.165) is 21.8 Å². The molecule has 3 aromatic rings. The Labute approximate surface area is 165 Å². The third-order valence-corrected chi connectivity index (χ3v) is 5.33. The summed E-state index contributed by atoms with van der Waals surface area (Å²) < 4.78 is 1.97. The molecule has 1 aromatic heterocycles. The molecule has 0 aliphatic heterocycles. The van der Waals surface area contributed by atoms with Crippen molar-refractivity contribution >= 4 is 57.6 Å². The van der Waals surface area contributed by atoms with E-state index in [4.69, 9.17) is 23.2 Å². The molecule has 0 bridgehead atoms. The van der Waals surface area contributed by atoms with Crippen LogP contribution in [0.5, 0.6) is 0 Å². The third kappa shape index (κ3) is 4.20. The van der Waals surface area contributed by atoms with E-state index in [1.54, 1.807) is 25.1 Å². The van der Waals surface area contributed by atoms with Crippen LogP contribution >= 0.6 is 35.0 Å². The second kappa shape index (κ2) is 8.12. The standard InChI is InChI=1S/C18H16Cl2N4OS/c1-11(13-8-7-12(19)9-14(13)20)22-23-17(25)10-26-18-21-15-5-3-4-6-16(15)24(18)2/h3-9H,10H2,1-2H3,(H,23,25). The lowest BCUT2D eigenvalue weighted by atomic mass is 10.1. The van der Waals surface area contributed by atoms with Gasteiger partial charge in [-0.2, -0.15) is 5.10 Å². The van der Waals surface area contributed by atoms with Crippen molar-refractivity contribution in [1.82, 2.24) is 15.0 Å². The zero-order valence-corrected chi connectivity index (χ0v) is 16.5. The Balaban J connectivity index is 1.62. The summed E-state index contributed by atoms with van der Waals surface area (Å²) in [4.78, 5) is 16.6. The van der Waals surface area contributed by atoms with Gasteiger partial charge in [0.15, 0.2) is 5.16 Å². The van der Waals surface area contributed by atoms with Gasteiger partial charge in [0.25, 0.3) is 5.91 Å². The maximum absolute atomic E-state index is 12.1. The lowest BCUT2D eigenvalue weighted by Gasteiger charge is -2.05. The first-order valence-corrected chi connectivity index (χ1v) is 9.52. The van der Waals surface area contributed by atoms with E-state index in [0.29, 0.717) is 15.8 Å². The lowest BCUT2D eigenvalue weighted by molar-refractivity contribution is -0.118. The summed E-state index contributed by atoms with van der Waals surface area (Å²) in [5, 5.41) is 5.93. The van der Waals surface area contributed by atoms with Crippen LogP contribution in [-0.2, 0) is 11.8 Å². The average molecular weight is 407 g/mol. The first-order valence-electron chi connectivity index (χ1n) is 7.78. The van der Waals surface area contributed by atoms with Crippen LogP contribution in [0.4, 0.5) is 0 Å². The number of thioether (sulfide) groups is 1. The van der Waals surface area contributed by atoms with Gasteiger partial charge in [-0.05, 0) is 31.2 Å². The fraction of sp³-hybridized carbons (Fsp3) is 0.167.